The summed E-state index contributed by atoms with van der Waals surface area (Å²) in [6.45, 7) is 3.77. The maximum atomic E-state index is 12.1. The second kappa shape index (κ2) is 9.14. The van der Waals surface area contributed by atoms with Crippen LogP contribution in [0.4, 0.5) is 23.7 Å². The van der Waals surface area contributed by atoms with Crippen LogP contribution in [0.3, 0.4) is 0 Å². The molecule has 0 fully saturated rings. The molecule has 0 heterocycles. The molecular formula is C16H21F3N2O4. The van der Waals surface area contributed by atoms with Crippen LogP contribution >= 0.6 is 0 Å². The molecule has 2 atom stereocenters. The molecule has 0 spiro atoms. The van der Waals surface area contributed by atoms with Crippen LogP contribution in [0.1, 0.15) is 33.1 Å². The number of carboxylic acids is 1. The number of hydrogen-bond acceptors (Lipinski definition) is 3. The average Bonchev–Trinajstić information content (AvgIpc) is 2.51. The Balaban J connectivity index is 2.69. The highest BCUT2D eigenvalue weighted by molar-refractivity contribution is 5.92. The zero-order chi connectivity index (χ0) is 19.0. The maximum absolute atomic E-state index is 12.1. The largest absolute Gasteiger partial charge is 0.573 e. The Morgan fingerprint density at radius 1 is 1.20 bits per heavy atom. The Bertz CT molecular complexity index is 576. The molecule has 1 rings (SSSR count). The minimum absolute atomic E-state index is 0.208. The lowest BCUT2D eigenvalue weighted by Crippen LogP contribution is -2.47. The SMILES string of the molecule is CCCC(CC)C(NC(=O)Nc1ccc(OC(F)(F)F)cc1)C(=O)O. The van der Waals surface area contributed by atoms with Crippen LogP contribution in [-0.4, -0.2) is 29.5 Å². The number of nitrogens with one attached hydrogen (secondary N) is 2. The molecular weight excluding hydrogens is 341 g/mol. The third-order valence-electron chi connectivity index (χ3n) is 3.55. The Kier molecular flexibility index (Phi) is 7.53. The molecule has 1 aromatic carbocycles. The standard InChI is InChI=1S/C16H21F3N2O4/c1-3-5-10(4-2)13(14(22)23)21-15(24)20-11-6-8-12(9-7-11)25-16(17,18)19/h6-10,13H,3-5H2,1-2H3,(H,22,23)(H2,20,21,24). The van der Waals surface area contributed by atoms with Gasteiger partial charge in [0.25, 0.3) is 0 Å². The Morgan fingerprint density at radius 3 is 2.24 bits per heavy atom. The van der Waals surface area contributed by atoms with Gasteiger partial charge in [-0.3, -0.25) is 0 Å². The topological polar surface area (TPSA) is 87.7 Å². The minimum Gasteiger partial charge on any atom is -0.480 e. The van der Waals surface area contributed by atoms with Crippen molar-refractivity contribution in [1.82, 2.24) is 5.32 Å². The molecule has 9 heteroatoms. The lowest BCUT2D eigenvalue weighted by molar-refractivity contribution is -0.274. The van der Waals surface area contributed by atoms with Crippen LogP contribution in [0.15, 0.2) is 24.3 Å². The van der Waals surface area contributed by atoms with Gasteiger partial charge in [0.05, 0.1) is 0 Å². The molecule has 1 aromatic rings. The Labute approximate surface area is 143 Å². The number of aliphatic carboxylic acids is 1. The van der Waals surface area contributed by atoms with E-state index in [-0.39, 0.29) is 11.6 Å². The predicted octanol–water partition coefficient (Wildman–Crippen LogP) is 3.99. The van der Waals surface area contributed by atoms with Crippen LogP contribution in [0.5, 0.6) is 5.75 Å². The van der Waals surface area contributed by atoms with Gasteiger partial charge in [0.15, 0.2) is 0 Å². The van der Waals surface area contributed by atoms with Crippen molar-refractivity contribution in [2.24, 2.45) is 5.92 Å². The first-order valence-electron chi connectivity index (χ1n) is 7.82. The molecule has 0 aliphatic carbocycles. The predicted molar refractivity (Wildman–Crippen MR) is 85.4 cm³/mol. The Morgan fingerprint density at radius 2 is 1.80 bits per heavy atom. The monoisotopic (exact) mass is 362 g/mol. The molecule has 6 nitrogen and oxygen atoms in total. The maximum Gasteiger partial charge on any atom is 0.573 e. The highest BCUT2D eigenvalue weighted by Gasteiger charge is 2.31. The van der Waals surface area contributed by atoms with Crippen LogP contribution < -0.4 is 15.4 Å². The number of urea groups is 1. The first kappa shape index (κ1) is 20.6. The molecule has 140 valence electrons. The summed E-state index contributed by atoms with van der Waals surface area (Å²) in [4.78, 5) is 23.3. The summed E-state index contributed by atoms with van der Waals surface area (Å²) in [5.74, 6) is -1.77. The smallest absolute Gasteiger partial charge is 0.480 e. The second-order valence-electron chi connectivity index (χ2n) is 5.44. The fourth-order valence-electron chi connectivity index (χ4n) is 2.41. The van der Waals surface area contributed by atoms with Gasteiger partial charge in [0, 0.05) is 5.69 Å². The van der Waals surface area contributed by atoms with Crippen LogP contribution in [0, 0.1) is 5.92 Å². The molecule has 25 heavy (non-hydrogen) atoms. The normalized spacial score (nSPS) is 13.6. The van der Waals surface area contributed by atoms with Crippen LogP contribution in [-0.2, 0) is 4.79 Å². The summed E-state index contributed by atoms with van der Waals surface area (Å²) in [6.07, 6.45) is -2.77. The zero-order valence-electron chi connectivity index (χ0n) is 13.9. The molecule has 0 saturated heterocycles. The van der Waals surface area contributed by atoms with Crippen molar-refractivity contribution >= 4 is 17.7 Å². The number of carbonyl (C=O) groups excluding carboxylic acids is 1. The number of hydrogen-bond donors (Lipinski definition) is 3. The number of rotatable bonds is 8. The number of anilines is 1. The van der Waals surface area contributed by atoms with Gasteiger partial charge in [-0.1, -0.05) is 26.7 Å². The lowest BCUT2D eigenvalue weighted by atomic mass is 9.92. The molecule has 0 aromatic heterocycles. The summed E-state index contributed by atoms with van der Waals surface area (Å²) >= 11 is 0. The molecule has 0 bridgehead atoms. The fourth-order valence-corrected chi connectivity index (χ4v) is 2.41. The zero-order valence-corrected chi connectivity index (χ0v) is 13.9. The highest BCUT2D eigenvalue weighted by Crippen LogP contribution is 2.24. The van der Waals surface area contributed by atoms with E-state index in [4.69, 9.17) is 0 Å². The first-order valence-corrected chi connectivity index (χ1v) is 7.82. The van der Waals surface area contributed by atoms with E-state index in [0.29, 0.717) is 12.8 Å². The van der Waals surface area contributed by atoms with E-state index in [2.05, 4.69) is 15.4 Å². The number of carbonyl (C=O) groups is 2. The van der Waals surface area contributed by atoms with E-state index >= 15 is 0 Å². The number of halogens is 3. The summed E-state index contributed by atoms with van der Waals surface area (Å²) in [7, 11) is 0. The van der Waals surface area contributed by atoms with E-state index in [1.54, 1.807) is 0 Å². The molecule has 2 amide bonds. The Hall–Kier alpha value is -2.45. The van der Waals surface area contributed by atoms with Crippen LogP contribution in [0.2, 0.25) is 0 Å². The van der Waals surface area contributed by atoms with Gasteiger partial charge < -0.3 is 20.5 Å². The third kappa shape index (κ3) is 7.32. The summed E-state index contributed by atoms with van der Waals surface area (Å²) in [5, 5.41) is 14.1. The highest BCUT2D eigenvalue weighted by atomic mass is 19.4. The molecule has 0 aliphatic rings. The first-order chi connectivity index (χ1) is 11.7. The van der Waals surface area contributed by atoms with Gasteiger partial charge in [-0.05, 0) is 36.6 Å². The number of alkyl halides is 3. The van der Waals surface area contributed by atoms with E-state index in [0.717, 1.165) is 18.6 Å². The molecule has 3 N–H and O–H groups in total. The number of ether oxygens (including phenoxy) is 1. The van der Waals surface area contributed by atoms with Gasteiger partial charge in [-0.15, -0.1) is 13.2 Å². The van der Waals surface area contributed by atoms with Crippen molar-refractivity contribution in [2.45, 2.75) is 45.5 Å². The number of benzene rings is 1. The summed E-state index contributed by atoms with van der Waals surface area (Å²) in [5.41, 5.74) is 0.208. The van der Waals surface area contributed by atoms with E-state index in [1.807, 2.05) is 13.8 Å². The second-order valence-corrected chi connectivity index (χ2v) is 5.44. The number of carboxylic acid groups (broad SMARTS) is 1. The van der Waals surface area contributed by atoms with Gasteiger partial charge in [0.1, 0.15) is 11.8 Å². The van der Waals surface area contributed by atoms with Crippen molar-refractivity contribution in [3.8, 4) is 5.75 Å². The lowest BCUT2D eigenvalue weighted by Gasteiger charge is -2.23. The minimum atomic E-state index is -4.80. The molecule has 0 saturated carbocycles. The van der Waals surface area contributed by atoms with Crippen LogP contribution in [0.25, 0.3) is 0 Å². The van der Waals surface area contributed by atoms with Crippen molar-refractivity contribution < 1.29 is 32.6 Å². The molecule has 0 radical (unpaired) electrons. The van der Waals surface area contributed by atoms with Crippen molar-refractivity contribution in [3.63, 3.8) is 0 Å². The summed E-state index contributed by atoms with van der Waals surface area (Å²) < 4.78 is 40.0. The average molecular weight is 362 g/mol. The van der Waals surface area contributed by atoms with Gasteiger partial charge in [-0.2, -0.15) is 0 Å². The molecule has 2 unspecified atom stereocenters. The summed E-state index contributed by atoms with van der Waals surface area (Å²) in [6, 6.07) is 2.75. The number of amides is 2. The van der Waals surface area contributed by atoms with Crippen molar-refractivity contribution in [1.29, 1.82) is 0 Å². The quantitative estimate of drug-likeness (QED) is 0.653. The van der Waals surface area contributed by atoms with Gasteiger partial charge in [0.2, 0.25) is 0 Å². The van der Waals surface area contributed by atoms with Gasteiger partial charge >= 0.3 is 18.4 Å². The van der Waals surface area contributed by atoms with E-state index in [1.165, 1.54) is 12.1 Å². The third-order valence-corrected chi connectivity index (χ3v) is 3.55. The van der Waals surface area contributed by atoms with Gasteiger partial charge in [-0.25, -0.2) is 9.59 Å². The van der Waals surface area contributed by atoms with E-state index in [9.17, 15) is 27.9 Å². The fraction of sp³-hybridized carbons (Fsp3) is 0.500. The van der Waals surface area contributed by atoms with E-state index < -0.39 is 30.2 Å². The van der Waals surface area contributed by atoms with Crippen molar-refractivity contribution in [2.75, 3.05) is 5.32 Å². The van der Waals surface area contributed by atoms with Crippen molar-refractivity contribution in [3.05, 3.63) is 24.3 Å². The molecule has 0 aliphatic heterocycles.